The molecular formula is C21H18N4O4S. The predicted molar refractivity (Wildman–Crippen MR) is 111 cm³/mol. The molecule has 9 heteroatoms. The fraction of sp³-hybridized carbons (Fsp3) is 0.238. The van der Waals surface area contributed by atoms with Gasteiger partial charge in [0.15, 0.2) is 4.90 Å². The number of nitrogens with one attached hydrogen (secondary N) is 1. The molecule has 1 saturated carbocycles. The van der Waals surface area contributed by atoms with E-state index in [4.69, 9.17) is 0 Å². The Morgan fingerprint density at radius 3 is 2.67 bits per heavy atom. The summed E-state index contributed by atoms with van der Waals surface area (Å²) in [6.45, 7) is 0. The smallest absolute Gasteiger partial charge is 0.290 e. The standard InChI is InChI=1S/C21H18N4O4S/c26-25(27)18-10-16-17(24-21(23-16)13-4-1-2-5-13)11-20(18)30(28,29)19-7-3-6-14-12-22-9-8-15(14)19/h3,6-13H,1-2,4-5H2,(H,23,24). The number of nitrogens with zero attached hydrogens (tertiary/aromatic N) is 3. The lowest BCUT2D eigenvalue weighted by Gasteiger charge is -2.08. The maximum absolute atomic E-state index is 13.5. The number of nitro benzene ring substituents is 1. The molecule has 0 radical (unpaired) electrons. The number of rotatable bonds is 4. The molecular weight excluding hydrogens is 404 g/mol. The maximum Gasteiger partial charge on any atom is 0.290 e. The van der Waals surface area contributed by atoms with Crippen LogP contribution in [0.15, 0.2) is 58.6 Å². The van der Waals surface area contributed by atoms with E-state index in [1.54, 1.807) is 24.4 Å². The second-order valence-electron chi connectivity index (χ2n) is 7.55. The summed E-state index contributed by atoms with van der Waals surface area (Å²) in [4.78, 5) is 22.5. The summed E-state index contributed by atoms with van der Waals surface area (Å²) in [5.41, 5.74) is 0.433. The molecule has 1 aliphatic carbocycles. The number of sulfone groups is 1. The van der Waals surface area contributed by atoms with Crippen LogP contribution in [0.2, 0.25) is 0 Å². The molecule has 1 fully saturated rings. The lowest BCUT2D eigenvalue weighted by Crippen LogP contribution is -2.06. The number of pyridine rings is 1. The first-order valence-corrected chi connectivity index (χ1v) is 11.2. The highest BCUT2D eigenvalue weighted by molar-refractivity contribution is 7.92. The third-order valence-electron chi connectivity index (χ3n) is 5.74. The molecule has 30 heavy (non-hydrogen) atoms. The van der Waals surface area contributed by atoms with Crippen LogP contribution in [0.4, 0.5) is 5.69 Å². The molecule has 4 aromatic rings. The average molecular weight is 422 g/mol. The van der Waals surface area contributed by atoms with Crippen molar-refractivity contribution < 1.29 is 13.3 Å². The van der Waals surface area contributed by atoms with Crippen molar-refractivity contribution in [2.45, 2.75) is 41.4 Å². The van der Waals surface area contributed by atoms with Gasteiger partial charge in [0.1, 0.15) is 5.82 Å². The molecule has 1 N–H and O–H groups in total. The van der Waals surface area contributed by atoms with E-state index < -0.39 is 20.4 Å². The fourth-order valence-corrected chi connectivity index (χ4v) is 5.89. The number of H-pyrrole nitrogens is 1. The number of aromatic amines is 1. The number of nitro groups is 1. The Balaban J connectivity index is 1.73. The Bertz CT molecular complexity index is 1400. The van der Waals surface area contributed by atoms with Gasteiger partial charge in [-0.3, -0.25) is 15.1 Å². The van der Waals surface area contributed by atoms with Gasteiger partial charge in [-0.25, -0.2) is 13.4 Å². The molecule has 2 aromatic heterocycles. The van der Waals surface area contributed by atoms with Gasteiger partial charge < -0.3 is 4.98 Å². The van der Waals surface area contributed by atoms with Crippen molar-refractivity contribution in [3.63, 3.8) is 0 Å². The molecule has 2 heterocycles. The van der Waals surface area contributed by atoms with E-state index in [0.29, 0.717) is 21.8 Å². The molecule has 0 atom stereocenters. The normalized spacial score (nSPS) is 15.2. The Morgan fingerprint density at radius 1 is 1.10 bits per heavy atom. The van der Waals surface area contributed by atoms with Crippen LogP contribution < -0.4 is 0 Å². The quantitative estimate of drug-likeness (QED) is 0.382. The summed E-state index contributed by atoms with van der Waals surface area (Å²) in [6, 6.07) is 9.01. The van der Waals surface area contributed by atoms with Crippen molar-refractivity contribution in [1.29, 1.82) is 0 Å². The van der Waals surface area contributed by atoms with Crippen LogP contribution in [0.5, 0.6) is 0 Å². The summed E-state index contributed by atoms with van der Waals surface area (Å²) in [5.74, 6) is 1.05. The molecule has 5 rings (SSSR count). The summed E-state index contributed by atoms with van der Waals surface area (Å²) >= 11 is 0. The first-order chi connectivity index (χ1) is 14.4. The zero-order valence-corrected chi connectivity index (χ0v) is 16.7. The van der Waals surface area contributed by atoms with E-state index in [2.05, 4.69) is 15.0 Å². The highest BCUT2D eigenvalue weighted by Crippen LogP contribution is 2.37. The second-order valence-corrected chi connectivity index (χ2v) is 9.44. The van der Waals surface area contributed by atoms with E-state index in [-0.39, 0.29) is 15.7 Å². The van der Waals surface area contributed by atoms with Gasteiger partial charge >= 0.3 is 0 Å². The first-order valence-electron chi connectivity index (χ1n) is 9.71. The minimum Gasteiger partial charge on any atom is -0.342 e. The van der Waals surface area contributed by atoms with Gasteiger partial charge in [0, 0.05) is 35.2 Å². The van der Waals surface area contributed by atoms with Crippen molar-refractivity contribution in [2.75, 3.05) is 0 Å². The van der Waals surface area contributed by atoms with Crippen LogP contribution >= 0.6 is 0 Å². The molecule has 152 valence electrons. The zero-order valence-electron chi connectivity index (χ0n) is 15.9. The Morgan fingerprint density at radius 2 is 1.90 bits per heavy atom. The summed E-state index contributed by atoms with van der Waals surface area (Å²) in [7, 11) is -4.17. The highest BCUT2D eigenvalue weighted by atomic mass is 32.2. The van der Waals surface area contributed by atoms with Gasteiger partial charge in [-0.2, -0.15) is 0 Å². The van der Waals surface area contributed by atoms with E-state index in [0.717, 1.165) is 31.5 Å². The number of benzene rings is 2. The predicted octanol–water partition coefficient (Wildman–Crippen LogP) is 4.51. The number of imidazole rings is 1. The molecule has 0 spiro atoms. The summed E-state index contributed by atoms with van der Waals surface area (Å²) < 4.78 is 27.0. The van der Waals surface area contributed by atoms with Crippen molar-refractivity contribution in [3.8, 4) is 0 Å². The monoisotopic (exact) mass is 422 g/mol. The van der Waals surface area contributed by atoms with Crippen LogP contribution in [-0.2, 0) is 9.84 Å². The van der Waals surface area contributed by atoms with Gasteiger partial charge in [-0.1, -0.05) is 25.0 Å². The molecule has 0 bridgehead atoms. The summed E-state index contributed by atoms with van der Waals surface area (Å²) in [6.07, 6.45) is 7.33. The van der Waals surface area contributed by atoms with E-state index in [9.17, 15) is 18.5 Å². The van der Waals surface area contributed by atoms with Crippen molar-refractivity contribution in [2.24, 2.45) is 0 Å². The first kappa shape index (κ1) is 18.7. The van der Waals surface area contributed by atoms with Crippen molar-refractivity contribution in [3.05, 3.63) is 64.7 Å². The minimum absolute atomic E-state index is 0.0106. The SMILES string of the molecule is O=[N+]([O-])c1cc2[nH]c(C3CCCC3)nc2cc1S(=O)(=O)c1cccc2cnccc12. The molecule has 0 amide bonds. The largest absolute Gasteiger partial charge is 0.342 e. The van der Waals surface area contributed by atoms with E-state index in [1.165, 1.54) is 24.4 Å². The van der Waals surface area contributed by atoms with Gasteiger partial charge in [0.05, 0.1) is 20.9 Å². The number of hydrogen-bond acceptors (Lipinski definition) is 6. The number of hydrogen-bond donors (Lipinski definition) is 1. The van der Waals surface area contributed by atoms with Crippen molar-refractivity contribution >= 4 is 37.3 Å². The molecule has 2 aromatic carbocycles. The van der Waals surface area contributed by atoms with Crippen molar-refractivity contribution in [1.82, 2.24) is 15.0 Å². The van der Waals surface area contributed by atoms with Gasteiger partial charge in [0.2, 0.25) is 9.84 Å². The maximum atomic E-state index is 13.5. The molecule has 0 unspecified atom stereocenters. The molecule has 1 aliphatic rings. The topological polar surface area (TPSA) is 119 Å². The Kier molecular flexibility index (Phi) is 4.28. The lowest BCUT2D eigenvalue weighted by molar-refractivity contribution is -0.387. The zero-order chi connectivity index (χ0) is 20.9. The fourth-order valence-electron chi connectivity index (χ4n) is 4.24. The van der Waals surface area contributed by atoms with Gasteiger partial charge in [0.25, 0.3) is 5.69 Å². The molecule has 0 aliphatic heterocycles. The van der Waals surface area contributed by atoms with Crippen LogP contribution in [-0.4, -0.2) is 28.3 Å². The van der Waals surface area contributed by atoms with Gasteiger partial charge in [-0.15, -0.1) is 0 Å². The van der Waals surface area contributed by atoms with Gasteiger partial charge in [-0.05, 0) is 31.0 Å². The van der Waals surface area contributed by atoms with E-state index >= 15 is 0 Å². The van der Waals surface area contributed by atoms with Crippen LogP contribution in [0.3, 0.4) is 0 Å². The number of fused-ring (bicyclic) bond motifs is 2. The lowest BCUT2D eigenvalue weighted by atomic mass is 10.1. The Labute approximate surface area is 172 Å². The highest BCUT2D eigenvalue weighted by Gasteiger charge is 2.31. The summed E-state index contributed by atoms with van der Waals surface area (Å²) in [5, 5.41) is 12.9. The van der Waals surface area contributed by atoms with Crippen LogP contribution in [0.1, 0.15) is 37.4 Å². The van der Waals surface area contributed by atoms with Crippen LogP contribution in [0, 0.1) is 10.1 Å². The van der Waals surface area contributed by atoms with E-state index in [1.807, 2.05) is 0 Å². The Hall–Kier alpha value is -3.33. The second kappa shape index (κ2) is 6.88. The number of aromatic nitrogens is 3. The average Bonchev–Trinajstić information content (AvgIpc) is 3.41. The third kappa shape index (κ3) is 2.93. The molecule has 0 saturated heterocycles. The minimum atomic E-state index is -4.17. The molecule has 8 nitrogen and oxygen atoms in total. The van der Waals surface area contributed by atoms with Crippen LogP contribution in [0.25, 0.3) is 21.8 Å². The third-order valence-corrected chi connectivity index (χ3v) is 7.58.